The Morgan fingerprint density at radius 2 is 0.903 bits per heavy atom. The highest BCUT2D eigenvalue weighted by Gasteiger charge is 2.37. The van der Waals surface area contributed by atoms with Gasteiger partial charge in [-0.25, -0.2) is 4.79 Å². The van der Waals surface area contributed by atoms with E-state index in [1.54, 1.807) is 48.5 Å². The van der Waals surface area contributed by atoms with Crippen molar-refractivity contribution >= 4 is 17.9 Å². The van der Waals surface area contributed by atoms with Crippen LogP contribution in [0.25, 0.3) is 0 Å². The first-order chi connectivity index (χ1) is 30.2. The Morgan fingerprint density at radius 1 is 0.516 bits per heavy atom. The van der Waals surface area contributed by atoms with E-state index in [0.29, 0.717) is 35.8 Å². The van der Waals surface area contributed by atoms with Crippen LogP contribution in [0.5, 0.6) is 11.5 Å². The normalized spacial score (nSPS) is 18.0. The molecule has 0 aromatic heterocycles. The maximum Gasteiger partial charge on any atom is 0.338 e. The Labute approximate surface area is 377 Å². The van der Waals surface area contributed by atoms with E-state index in [4.69, 9.17) is 18.9 Å². The average molecular weight is 863 g/mol. The van der Waals surface area contributed by atoms with Crippen LogP contribution in [-0.2, 0) is 19.1 Å². The van der Waals surface area contributed by atoms with E-state index in [1.165, 1.54) is 168 Å². The van der Waals surface area contributed by atoms with Gasteiger partial charge in [-0.2, -0.15) is 0 Å². The van der Waals surface area contributed by atoms with Crippen LogP contribution < -0.4 is 9.47 Å². The zero-order valence-corrected chi connectivity index (χ0v) is 39.5. The monoisotopic (exact) mass is 863 g/mol. The number of hydrogen-bond acceptors (Lipinski definition) is 8. The zero-order chi connectivity index (χ0) is 44.6. The molecule has 1 saturated carbocycles. The fourth-order valence-electron chi connectivity index (χ4n) is 9.80. The Bertz CT molecular complexity index is 1460. The summed E-state index contributed by atoms with van der Waals surface area (Å²) in [4.78, 5) is 34.8. The Morgan fingerprint density at radius 3 is 1.37 bits per heavy atom. The van der Waals surface area contributed by atoms with Crippen molar-refractivity contribution in [2.75, 3.05) is 13.2 Å². The van der Waals surface area contributed by atoms with Crippen molar-refractivity contribution in [3.63, 3.8) is 0 Å². The van der Waals surface area contributed by atoms with Crippen LogP contribution in [0.2, 0.25) is 0 Å². The lowest BCUT2D eigenvalue weighted by Crippen LogP contribution is -2.35. The molecule has 0 radical (unpaired) electrons. The summed E-state index contributed by atoms with van der Waals surface area (Å²) >= 11 is 0. The molecule has 0 spiro atoms. The largest absolute Gasteiger partial charge is 0.462 e. The molecule has 350 valence electrons. The topological polar surface area (TPSA) is 108 Å². The Kier molecular flexibility index (Phi) is 28.5. The van der Waals surface area contributed by atoms with Crippen LogP contribution >= 0.6 is 0 Å². The number of rotatable bonds is 35. The molecule has 0 bridgehead atoms. The summed E-state index contributed by atoms with van der Waals surface area (Å²) < 4.78 is 21.4. The molecule has 1 aliphatic rings. The van der Waals surface area contributed by atoms with E-state index in [0.717, 1.165) is 49.4 Å². The summed E-state index contributed by atoms with van der Waals surface area (Å²) in [6.07, 6.45) is 35.6. The third-order valence-corrected chi connectivity index (χ3v) is 13.2. The highest BCUT2D eigenvalue weighted by molar-refractivity contribution is 5.89. The van der Waals surface area contributed by atoms with Crippen molar-refractivity contribution in [3.8, 4) is 11.5 Å². The van der Waals surface area contributed by atoms with Crippen LogP contribution in [0, 0.1) is 23.7 Å². The molecule has 0 heterocycles. The number of esters is 3. The third kappa shape index (κ3) is 22.9. The molecule has 5 atom stereocenters. The molecule has 8 nitrogen and oxygen atoms in total. The fourth-order valence-corrected chi connectivity index (χ4v) is 9.80. The predicted octanol–water partition coefficient (Wildman–Crippen LogP) is 14.8. The molecule has 5 unspecified atom stereocenters. The summed E-state index contributed by atoms with van der Waals surface area (Å²) in [6, 6.07) is 13.3. The van der Waals surface area contributed by atoms with Crippen molar-refractivity contribution in [1.29, 1.82) is 0 Å². The molecule has 8 heteroatoms. The number of hydrogen-bond donors (Lipinski definition) is 1. The third-order valence-electron chi connectivity index (χ3n) is 13.2. The first kappa shape index (κ1) is 53.1. The van der Waals surface area contributed by atoms with Gasteiger partial charge in [-0.1, -0.05) is 167 Å². The van der Waals surface area contributed by atoms with Gasteiger partial charge in [-0.05, 0) is 98.6 Å². The van der Waals surface area contributed by atoms with Crippen molar-refractivity contribution in [1.82, 2.24) is 0 Å². The van der Waals surface area contributed by atoms with Gasteiger partial charge in [0.2, 0.25) is 0 Å². The van der Waals surface area contributed by atoms with Crippen molar-refractivity contribution < 1.29 is 38.4 Å². The molecule has 0 amide bonds. The van der Waals surface area contributed by atoms with Crippen LogP contribution in [0.15, 0.2) is 48.5 Å². The van der Waals surface area contributed by atoms with Gasteiger partial charge in [0.15, 0.2) is 6.29 Å². The number of ether oxygens (including phenoxy) is 4. The standard InChI is InChI=1S/C54H86O8/c1-5-7-9-11-17-23-29-51-45(27-21-10-8-6-2)31-32-46(28-22-16-12-14-19-25-41-59-53(57)47-33-37-49(38-34-47)61-43(3)55)52(51)30-24-18-13-15-20-26-42-60-54(58)48-35-39-50(40-36-48)62-44(4)56/h33-40,45-46,51-52,54,58H,5-32,41-42H2,1-4H3. The minimum atomic E-state index is -0.971. The Hall–Kier alpha value is -3.23. The second-order valence-corrected chi connectivity index (χ2v) is 18.3. The van der Waals surface area contributed by atoms with E-state index < -0.39 is 6.29 Å². The van der Waals surface area contributed by atoms with Crippen LogP contribution in [0.4, 0.5) is 0 Å². The molecular weight excluding hydrogens is 777 g/mol. The molecule has 2 aromatic rings. The molecule has 1 aliphatic carbocycles. The van der Waals surface area contributed by atoms with E-state index in [2.05, 4.69) is 13.8 Å². The fraction of sp³-hybridized carbons (Fsp3) is 0.722. The number of unbranched alkanes of at least 4 members (excludes halogenated alkanes) is 18. The summed E-state index contributed by atoms with van der Waals surface area (Å²) in [5.41, 5.74) is 1.13. The number of benzene rings is 2. The van der Waals surface area contributed by atoms with Gasteiger partial charge in [0.1, 0.15) is 11.5 Å². The summed E-state index contributed by atoms with van der Waals surface area (Å²) in [5.74, 6) is 3.38. The number of aliphatic hydroxyl groups excluding tert-OH is 1. The molecule has 0 saturated heterocycles. The van der Waals surface area contributed by atoms with E-state index in [-0.39, 0.29) is 17.9 Å². The lowest BCUT2D eigenvalue weighted by molar-refractivity contribution is -0.132. The molecule has 0 aliphatic heterocycles. The number of carbonyl (C=O) groups is 3. The highest BCUT2D eigenvalue weighted by Crippen LogP contribution is 2.48. The average Bonchev–Trinajstić information content (AvgIpc) is 3.25. The number of aliphatic hydroxyl groups is 1. The summed E-state index contributed by atoms with van der Waals surface area (Å²) in [7, 11) is 0. The minimum Gasteiger partial charge on any atom is -0.462 e. The van der Waals surface area contributed by atoms with E-state index >= 15 is 0 Å². The van der Waals surface area contributed by atoms with Crippen molar-refractivity contribution in [3.05, 3.63) is 59.7 Å². The van der Waals surface area contributed by atoms with Gasteiger partial charge >= 0.3 is 17.9 Å². The van der Waals surface area contributed by atoms with Gasteiger partial charge in [0.05, 0.1) is 18.8 Å². The van der Waals surface area contributed by atoms with Gasteiger partial charge in [0.25, 0.3) is 0 Å². The summed E-state index contributed by atoms with van der Waals surface area (Å²) in [6.45, 7) is 8.33. The van der Waals surface area contributed by atoms with Crippen molar-refractivity contribution in [2.45, 2.75) is 214 Å². The lowest BCUT2D eigenvalue weighted by Gasteiger charge is -2.44. The van der Waals surface area contributed by atoms with Crippen LogP contribution in [0.1, 0.15) is 230 Å². The maximum atomic E-state index is 12.4. The lowest BCUT2D eigenvalue weighted by atomic mass is 9.61. The molecule has 3 rings (SSSR count). The summed E-state index contributed by atoms with van der Waals surface area (Å²) in [5, 5.41) is 10.5. The Balaban J connectivity index is 1.42. The van der Waals surface area contributed by atoms with E-state index in [9.17, 15) is 19.5 Å². The van der Waals surface area contributed by atoms with Crippen LogP contribution in [0.3, 0.4) is 0 Å². The predicted molar refractivity (Wildman–Crippen MR) is 251 cm³/mol. The first-order valence-corrected chi connectivity index (χ1v) is 25.2. The second kappa shape index (κ2) is 33.3. The van der Waals surface area contributed by atoms with Crippen LogP contribution in [-0.4, -0.2) is 36.2 Å². The molecule has 62 heavy (non-hydrogen) atoms. The van der Waals surface area contributed by atoms with Gasteiger partial charge in [-0.15, -0.1) is 0 Å². The van der Waals surface area contributed by atoms with Gasteiger partial charge in [-0.3, -0.25) is 9.59 Å². The van der Waals surface area contributed by atoms with Gasteiger partial charge < -0.3 is 24.1 Å². The second-order valence-electron chi connectivity index (χ2n) is 18.3. The maximum absolute atomic E-state index is 12.4. The minimum absolute atomic E-state index is 0.332. The molecule has 2 aromatic carbocycles. The quantitative estimate of drug-likeness (QED) is 0.0316. The highest BCUT2D eigenvalue weighted by atomic mass is 16.6. The smallest absolute Gasteiger partial charge is 0.338 e. The molecule has 1 N–H and O–H groups in total. The van der Waals surface area contributed by atoms with E-state index in [1.807, 2.05) is 0 Å². The molecular formula is C54H86O8. The first-order valence-electron chi connectivity index (χ1n) is 25.2. The number of carbonyl (C=O) groups excluding carboxylic acids is 3. The molecule has 1 fully saturated rings. The van der Waals surface area contributed by atoms with Crippen molar-refractivity contribution in [2.24, 2.45) is 23.7 Å². The van der Waals surface area contributed by atoms with Gasteiger partial charge in [0, 0.05) is 19.4 Å². The zero-order valence-electron chi connectivity index (χ0n) is 39.5. The SMILES string of the molecule is CCCCCCCCC1C(CCCCCC)CCC(CCCCCCCCOC(=O)c2ccc(OC(C)=O)cc2)C1CCCCCCCCOC(O)c1ccc(OC(C)=O)cc1.